The van der Waals surface area contributed by atoms with Crippen LogP contribution in [0, 0.1) is 20.2 Å². The molecule has 0 aromatic carbocycles. The lowest BCUT2D eigenvalue weighted by Crippen LogP contribution is -2.18. The molecule has 0 fully saturated rings. The van der Waals surface area contributed by atoms with Gasteiger partial charge in [-0.1, -0.05) is 6.42 Å². The van der Waals surface area contributed by atoms with Crippen molar-refractivity contribution >= 4 is 36.0 Å². The molecule has 0 bridgehead atoms. The molecule has 0 saturated carbocycles. The summed E-state index contributed by atoms with van der Waals surface area (Å²) in [7, 11) is 0. The molecule has 14 heteroatoms. The van der Waals surface area contributed by atoms with Crippen molar-refractivity contribution in [3.8, 4) is 0 Å². The summed E-state index contributed by atoms with van der Waals surface area (Å²) in [6, 6.07) is 5.05. The van der Waals surface area contributed by atoms with E-state index in [-0.39, 0.29) is 36.2 Å². The van der Waals surface area contributed by atoms with Crippen LogP contribution in [-0.2, 0) is 9.59 Å². The number of rotatable bonds is 12. The van der Waals surface area contributed by atoms with E-state index in [9.17, 15) is 29.8 Å². The molecule has 0 aliphatic rings. The molecule has 0 aliphatic carbocycles. The third kappa shape index (κ3) is 8.26. The van der Waals surface area contributed by atoms with E-state index in [0.29, 0.717) is 19.3 Å². The molecule has 0 aliphatic heterocycles. The second-order valence-corrected chi connectivity index (χ2v) is 6.01. The molecule has 0 radical (unpaired) electrons. The first-order valence-corrected chi connectivity index (χ1v) is 8.97. The van der Waals surface area contributed by atoms with Crippen LogP contribution in [0.1, 0.15) is 43.6 Å². The van der Waals surface area contributed by atoms with Gasteiger partial charge in [0.05, 0.1) is 24.6 Å². The highest BCUT2D eigenvalue weighted by Gasteiger charge is 2.11. The summed E-state index contributed by atoms with van der Waals surface area (Å²) in [6.07, 6.45) is 4.34. The summed E-state index contributed by atoms with van der Waals surface area (Å²) < 4.78 is 9.69. The number of unbranched alkanes of at least 4 members (excludes halogenated alkanes) is 2. The van der Waals surface area contributed by atoms with Crippen LogP contribution >= 0.6 is 0 Å². The van der Waals surface area contributed by atoms with Crippen LogP contribution in [0.3, 0.4) is 0 Å². The summed E-state index contributed by atoms with van der Waals surface area (Å²) in [5.41, 5.74) is 4.55. The van der Waals surface area contributed by atoms with Crippen molar-refractivity contribution in [1.29, 1.82) is 0 Å². The molecule has 2 N–H and O–H groups in total. The molecule has 2 heterocycles. The standard InChI is InChI=1S/C17H18N6O8/c24-14(20-18-10-12-6-8-16(30-12)22(26)27)4-2-1-3-5-15(25)21-19-11-13-7-9-17(31-13)23(28)29/h6-11H,1-5H2,(H,20,24)(H,21,25)/b18-10+,19-11+. The van der Waals surface area contributed by atoms with Gasteiger partial charge in [-0.15, -0.1) is 0 Å². The number of hydrogen-bond acceptors (Lipinski definition) is 10. The number of hydrogen-bond donors (Lipinski definition) is 2. The minimum absolute atomic E-state index is 0.131. The Kier molecular flexibility index (Phi) is 8.57. The predicted octanol–water partition coefficient (Wildman–Crippen LogP) is 2.24. The number of carbonyl (C=O) groups excluding carboxylic acids is 2. The van der Waals surface area contributed by atoms with Gasteiger partial charge in [0.1, 0.15) is 9.85 Å². The Morgan fingerprint density at radius 3 is 1.58 bits per heavy atom. The van der Waals surface area contributed by atoms with Gasteiger partial charge in [0.15, 0.2) is 11.5 Å². The zero-order valence-corrected chi connectivity index (χ0v) is 16.1. The van der Waals surface area contributed by atoms with Gasteiger partial charge >= 0.3 is 11.8 Å². The van der Waals surface area contributed by atoms with Crippen LogP contribution in [-0.4, -0.2) is 34.1 Å². The van der Waals surface area contributed by atoms with Gasteiger partial charge in [-0.05, 0) is 25.0 Å². The second kappa shape index (κ2) is 11.6. The second-order valence-electron chi connectivity index (χ2n) is 6.01. The number of furan rings is 2. The SMILES string of the molecule is O=C(CCCCCC(=O)N/N=C/c1ccc([N+](=O)[O-])o1)N/N=C/c1ccc([N+](=O)[O-])o1. The summed E-state index contributed by atoms with van der Waals surface area (Å²) >= 11 is 0. The van der Waals surface area contributed by atoms with Crippen LogP contribution in [0.5, 0.6) is 0 Å². The number of amides is 2. The molecule has 2 aromatic rings. The highest BCUT2D eigenvalue weighted by atomic mass is 16.7. The highest BCUT2D eigenvalue weighted by molar-refractivity contribution is 5.81. The fourth-order valence-electron chi connectivity index (χ4n) is 2.21. The Labute approximate surface area is 174 Å². The van der Waals surface area contributed by atoms with E-state index in [2.05, 4.69) is 21.1 Å². The molecule has 0 unspecified atom stereocenters. The number of nitro groups is 2. The van der Waals surface area contributed by atoms with Crippen LogP contribution in [0.15, 0.2) is 43.3 Å². The maximum Gasteiger partial charge on any atom is 0.433 e. The van der Waals surface area contributed by atoms with Gasteiger partial charge < -0.3 is 8.83 Å². The average Bonchev–Trinajstić information content (AvgIpc) is 3.37. The van der Waals surface area contributed by atoms with E-state index in [1.807, 2.05) is 0 Å². The molecule has 164 valence electrons. The predicted molar refractivity (Wildman–Crippen MR) is 105 cm³/mol. The molecular formula is C17H18N6O8. The lowest BCUT2D eigenvalue weighted by molar-refractivity contribution is -0.402. The molecule has 2 rings (SSSR count). The quantitative estimate of drug-likeness (QED) is 0.219. The van der Waals surface area contributed by atoms with Crippen molar-refractivity contribution in [3.63, 3.8) is 0 Å². The Hall–Kier alpha value is -4.36. The number of hydrazone groups is 2. The van der Waals surface area contributed by atoms with Crippen molar-refractivity contribution in [2.24, 2.45) is 10.2 Å². The summed E-state index contributed by atoms with van der Waals surface area (Å²) in [5.74, 6) is -1.28. The number of nitrogens with zero attached hydrogens (tertiary/aromatic N) is 4. The Morgan fingerprint density at radius 1 is 0.806 bits per heavy atom. The molecule has 0 spiro atoms. The monoisotopic (exact) mass is 434 g/mol. The third-order valence-electron chi connectivity index (χ3n) is 3.65. The van der Waals surface area contributed by atoms with Crippen molar-refractivity contribution in [2.45, 2.75) is 32.1 Å². The normalized spacial score (nSPS) is 11.1. The van der Waals surface area contributed by atoms with Crippen molar-refractivity contribution in [3.05, 3.63) is 56.0 Å². The van der Waals surface area contributed by atoms with Crippen LogP contribution < -0.4 is 10.9 Å². The van der Waals surface area contributed by atoms with Crippen molar-refractivity contribution < 1.29 is 28.3 Å². The van der Waals surface area contributed by atoms with E-state index in [1.165, 1.54) is 24.3 Å². The topological polar surface area (TPSA) is 195 Å². The van der Waals surface area contributed by atoms with Gasteiger partial charge in [0.25, 0.3) is 0 Å². The molecule has 2 aromatic heterocycles. The van der Waals surface area contributed by atoms with Gasteiger partial charge in [-0.3, -0.25) is 29.8 Å². The maximum atomic E-state index is 11.7. The maximum absolute atomic E-state index is 11.7. The molecule has 31 heavy (non-hydrogen) atoms. The largest absolute Gasteiger partial charge is 0.433 e. The molecule has 0 atom stereocenters. The first-order valence-electron chi connectivity index (χ1n) is 8.97. The zero-order valence-electron chi connectivity index (χ0n) is 16.1. The Balaban J connectivity index is 1.55. The fraction of sp³-hybridized carbons (Fsp3) is 0.294. The first-order chi connectivity index (χ1) is 14.8. The van der Waals surface area contributed by atoms with E-state index < -0.39 is 21.6 Å². The summed E-state index contributed by atoms with van der Waals surface area (Å²) in [6.45, 7) is 0. The lowest BCUT2D eigenvalue weighted by atomic mass is 10.1. The molecule has 2 amide bonds. The first kappa shape index (κ1) is 22.9. The van der Waals surface area contributed by atoms with E-state index in [4.69, 9.17) is 8.83 Å². The van der Waals surface area contributed by atoms with E-state index in [0.717, 1.165) is 12.4 Å². The van der Waals surface area contributed by atoms with E-state index >= 15 is 0 Å². The minimum atomic E-state index is -0.685. The van der Waals surface area contributed by atoms with Gasteiger partial charge in [0.2, 0.25) is 11.8 Å². The zero-order chi connectivity index (χ0) is 22.6. The van der Waals surface area contributed by atoms with Crippen molar-refractivity contribution in [1.82, 2.24) is 10.9 Å². The highest BCUT2D eigenvalue weighted by Crippen LogP contribution is 2.14. The fourth-order valence-corrected chi connectivity index (χ4v) is 2.21. The smallest absolute Gasteiger partial charge is 0.400 e. The van der Waals surface area contributed by atoms with Crippen LogP contribution in [0.4, 0.5) is 11.8 Å². The minimum Gasteiger partial charge on any atom is -0.400 e. The van der Waals surface area contributed by atoms with E-state index in [1.54, 1.807) is 0 Å². The van der Waals surface area contributed by atoms with Gasteiger partial charge in [-0.2, -0.15) is 10.2 Å². The van der Waals surface area contributed by atoms with Gasteiger partial charge in [-0.25, -0.2) is 10.9 Å². The summed E-state index contributed by atoms with van der Waals surface area (Å²) in [4.78, 5) is 42.9. The number of carbonyl (C=O) groups is 2. The average molecular weight is 434 g/mol. The van der Waals surface area contributed by atoms with Crippen LogP contribution in [0.2, 0.25) is 0 Å². The Morgan fingerprint density at radius 2 is 1.23 bits per heavy atom. The summed E-state index contributed by atoms with van der Waals surface area (Å²) in [5, 5.41) is 28.3. The third-order valence-corrected chi connectivity index (χ3v) is 3.65. The molecular weight excluding hydrogens is 416 g/mol. The van der Waals surface area contributed by atoms with Crippen LogP contribution in [0.25, 0.3) is 0 Å². The Bertz CT molecular complexity index is 914. The lowest BCUT2D eigenvalue weighted by Gasteiger charge is -2.01. The molecule has 0 saturated heterocycles. The van der Waals surface area contributed by atoms with Crippen molar-refractivity contribution in [2.75, 3.05) is 0 Å². The number of nitrogens with one attached hydrogen (secondary N) is 2. The van der Waals surface area contributed by atoms with Gasteiger partial charge in [0, 0.05) is 12.8 Å². The molecule has 14 nitrogen and oxygen atoms in total.